The van der Waals surface area contributed by atoms with E-state index in [-0.39, 0.29) is 24.5 Å². The molecule has 0 aliphatic carbocycles. The Morgan fingerprint density at radius 2 is 1.76 bits per heavy atom. The van der Waals surface area contributed by atoms with Crippen LogP contribution in [0.4, 0.5) is 0 Å². The first-order chi connectivity index (χ1) is 7.91. The lowest BCUT2D eigenvalue weighted by atomic mass is 9.99. The Hall–Kier alpha value is -0.950. The van der Waals surface area contributed by atoms with Crippen LogP contribution in [0.25, 0.3) is 0 Å². The molecule has 0 aromatic heterocycles. The van der Waals surface area contributed by atoms with Gasteiger partial charge in [-0.05, 0) is 36.5 Å². The van der Waals surface area contributed by atoms with E-state index < -0.39 is 10.0 Å². The molecule has 0 aliphatic rings. The summed E-state index contributed by atoms with van der Waals surface area (Å²) in [5, 5.41) is 23.1. The van der Waals surface area contributed by atoms with Gasteiger partial charge in [-0.15, -0.1) is 0 Å². The maximum atomic E-state index is 11.5. The zero-order chi connectivity index (χ0) is 13.1. The molecule has 1 aromatic carbocycles. The molecule has 5 nitrogen and oxygen atoms in total. The molecular formula is C11H17NO4S. The van der Waals surface area contributed by atoms with Crippen LogP contribution in [0.1, 0.15) is 16.7 Å². The largest absolute Gasteiger partial charge is 0.396 e. The molecule has 0 heterocycles. The van der Waals surface area contributed by atoms with Gasteiger partial charge in [0.2, 0.25) is 10.0 Å². The molecule has 0 amide bonds. The smallest absolute Gasteiger partial charge is 0.238 e. The lowest BCUT2D eigenvalue weighted by Gasteiger charge is -2.14. The summed E-state index contributed by atoms with van der Waals surface area (Å²) in [5.74, 6) is 0. The summed E-state index contributed by atoms with van der Waals surface area (Å²) in [5.41, 5.74) is 1.76. The topological polar surface area (TPSA) is 101 Å². The van der Waals surface area contributed by atoms with E-state index in [0.29, 0.717) is 23.1 Å². The van der Waals surface area contributed by atoms with Crippen LogP contribution in [0, 0.1) is 6.92 Å². The highest BCUT2D eigenvalue weighted by molar-refractivity contribution is 7.89. The van der Waals surface area contributed by atoms with E-state index in [0.717, 1.165) is 0 Å². The molecule has 96 valence electrons. The summed E-state index contributed by atoms with van der Waals surface area (Å²) in [6.45, 7) is 1.42. The van der Waals surface area contributed by atoms with E-state index in [4.69, 9.17) is 15.4 Å². The SMILES string of the molecule is Cc1ccc(CCO)c(CCO)c1S(N)(=O)=O. The molecule has 17 heavy (non-hydrogen) atoms. The van der Waals surface area contributed by atoms with Crippen molar-refractivity contribution in [2.45, 2.75) is 24.7 Å². The molecule has 0 atom stereocenters. The summed E-state index contributed by atoms with van der Waals surface area (Å²) in [6, 6.07) is 3.41. The molecule has 0 bridgehead atoms. The maximum Gasteiger partial charge on any atom is 0.238 e. The van der Waals surface area contributed by atoms with Crippen molar-refractivity contribution in [3.8, 4) is 0 Å². The lowest BCUT2D eigenvalue weighted by molar-refractivity contribution is 0.292. The standard InChI is InChI=1S/C11H17NO4S/c1-8-2-3-9(4-6-13)10(5-7-14)11(8)17(12,15)16/h2-3,13-14H,4-7H2,1H3,(H2,12,15,16). The van der Waals surface area contributed by atoms with Crippen molar-refractivity contribution in [2.75, 3.05) is 13.2 Å². The second kappa shape index (κ2) is 5.59. The van der Waals surface area contributed by atoms with Crippen LogP contribution in [-0.2, 0) is 22.9 Å². The van der Waals surface area contributed by atoms with E-state index in [1.165, 1.54) is 0 Å². The van der Waals surface area contributed by atoms with Gasteiger partial charge in [0, 0.05) is 13.2 Å². The number of benzene rings is 1. The molecule has 0 radical (unpaired) electrons. The van der Waals surface area contributed by atoms with Crippen LogP contribution in [-0.4, -0.2) is 31.8 Å². The third kappa shape index (κ3) is 3.26. The number of aliphatic hydroxyl groups is 2. The molecule has 0 fully saturated rings. The monoisotopic (exact) mass is 259 g/mol. The number of nitrogens with two attached hydrogens (primary N) is 1. The summed E-state index contributed by atoms with van der Waals surface area (Å²) in [6.07, 6.45) is 0.556. The van der Waals surface area contributed by atoms with E-state index >= 15 is 0 Å². The molecule has 6 heteroatoms. The van der Waals surface area contributed by atoms with Crippen LogP contribution in [0.3, 0.4) is 0 Å². The van der Waals surface area contributed by atoms with Crippen molar-refractivity contribution in [3.63, 3.8) is 0 Å². The molecule has 0 saturated carbocycles. The first-order valence-corrected chi connectivity index (χ1v) is 6.82. The van der Waals surface area contributed by atoms with Crippen LogP contribution in [0.2, 0.25) is 0 Å². The van der Waals surface area contributed by atoms with E-state index in [1.807, 2.05) is 0 Å². The molecular weight excluding hydrogens is 242 g/mol. The summed E-state index contributed by atoms with van der Waals surface area (Å²) >= 11 is 0. The third-order valence-corrected chi connectivity index (χ3v) is 3.72. The normalized spacial score (nSPS) is 11.8. The third-order valence-electron chi connectivity index (χ3n) is 2.58. The molecule has 0 unspecified atom stereocenters. The summed E-state index contributed by atoms with van der Waals surface area (Å²) in [4.78, 5) is 0.0671. The van der Waals surface area contributed by atoms with Gasteiger partial charge in [0.1, 0.15) is 0 Å². The van der Waals surface area contributed by atoms with Crippen LogP contribution in [0.5, 0.6) is 0 Å². The highest BCUT2D eigenvalue weighted by atomic mass is 32.2. The minimum Gasteiger partial charge on any atom is -0.396 e. The van der Waals surface area contributed by atoms with Crippen molar-refractivity contribution < 1.29 is 18.6 Å². The highest BCUT2D eigenvalue weighted by Crippen LogP contribution is 2.24. The van der Waals surface area contributed by atoms with Gasteiger partial charge in [-0.25, -0.2) is 13.6 Å². The first kappa shape index (κ1) is 14.1. The fraction of sp³-hybridized carbons (Fsp3) is 0.455. The zero-order valence-electron chi connectivity index (χ0n) is 9.68. The molecule has 0 aliphatic heterocycles. The fourth-order valence-corrected chi connectivity index (χ4v) is 3.02. The predicted octanol–water partition coefficient (Wildman–Crippen LogP) is -0.288. The average Bonchev–Trinajstić information content (AvgIpc) is 2.21. The second-order valence-corrected chi connectivity index (χ2v) is 5.34. The van der Waals surface area contributed by atoms with Crippen LogP contribution < -0.4 is 5.14 Å². The minimum absolute atomic E-state index is 0.0671. The Labute approximate surface area is 101 Å². The maximum absolute atomic E-state index is 11.5. The van der Waals surface area contributed by atoms with Gasteiger partial charge in [-0.1, -0.05) is 12.1 Å². The average molecular weight is 259 g/mol. The number of aryl methyl sites for hydroxylation is 1. The Bertz CT molecular complexity index is 496. The number of aliphatic hydroxyl groups excluding tert-OH is 2. The van der Waals surface area contributed by atoms with Crippen molar-refractivity contribution in [1.29, 1.82) is 0 Å². The number of sulfonamides is 1. The Morgan fingerprint density at radius 1 is 1.18 bits per heavy atom. The summed E-state index contributed by atoms with van der Waals surface area (Å²) < 4.78 is 23.1. The van der Waals surface area contributed by atoms with Crippen molar-refractivity contribution in [3.05, 3.63) is 28.8 Å². The lowest BCUT2D eigenvalue weighted by Crippen LogP contribution is -2.18. The molecule has 4 N–H and O–H groups in total. The van der Waals surface area contributed by atoms with E-state index in [9.17, 15) is 8.42 Å². The van der Waals surface area contributed by atoms with Gasteiger partial charge in [0.15, 0.2) is 0 Å². The van der Waals surface area contributed by atoms with Gasteiger partial charge >= 0.3 is 0 Å². The van der Waals surface area contributed by atoms with Crippen molar-refractivity contribution in [2.24, 2.45) is 5.14 Å². The number of hydrogen-bond acceptors (Lipinski definition) is 4. The molecule has 1 rings (SSSR count). The van der Waals surface area contributed by atoms with Gasteiger partial charge in [-0.2, -0.15) is 0 Å². The van der Waals surface area contributed by atoms with Crippen molar-refractivity contribution in [1.82, 2.24) is 0 Å². The Morgan fingerprint density at radius 3 is 2.24 bits per heavy atom. The molecule has 1 aromatic rings. The van der Waals surface area contributed by atoms with Crippen molar-refractivity contribution >= 4 is 10.0 Å². The minimum atomic E-state index is -3.82. The van der Waals surface area contributed by atoms with Crippen LogP contribution >= 0.6 is 0 Å². The molecule has 0 spiro atoms. The highest BCUT2D eigenvalue weighted by Gasteiger charge is 2.19. The van der Waals surface area contributed by atoms with Gasteiger partial charge < -0.3 is 10.2 Å². The Balaban J connectivity index is 3.48. The first-order valence-electron chi connectivity index (χ1n) is 5.27. The van der Waals surface area contributed by atoms with Gasteiger partial charge in [-0.3, -0.25) is 0 Å². The summed E-state index contributed by atoms with van der Waals surface area (Å²) in [7, 11) is -3.82. The number of hydrogen-bond donors (Lipinski definition) is 3. The van der Waals surface area contributed by atoms with E-state index in [1.54, 1.807) is 19.1 Å². The second-order valence-electron chi connectivity index (χ2n) is 3.84. The van der Waals surface area contributed by atoms with Gasteiger partial charge in [0.05, 0.1) is 4.90 Å². The molecule has 0 saturated heterocycles. The van der Waals surface area contributed by atoms with E-state index in [2.05, 4.69) is 0 Å². The number of rotatable bonds is 5. The fourth-order valence-electron chi connectivity index (χ4n) is 1.92. The quantitative estimate of drug-likeness (QED) is 0.676. The van der Waals surface area contributed by atoms with Gasteiger partial charge in [0.25, 0.3) is 0 Å². The van der Waals surface area contributed by atoms with Crippen LogP contribution in [0.15, 0.2) is 17.0 Å². The predicted molar refractivity (Wildman–Crippen MR) is 64.1 cm³/mol. The Kier molecular flexibility index (Phi) is 4.64. The number of primary sulfonamides is 1. The zero-order valence-corrected chi connectivity index (χ0v) is 10.5.